The highest BCUT2D eigenvalue weighted by Crippen LogP contribution is 2.35. The van der Waals surface area contributed by atoms with Crippen LogP contribution in [-0.4, -0.2) is 68.6 Å². The highest BCUT2D eigenvalue weighted by atomic mass is 32.2. The van der Waals surface area contributed by atoms with Crippen molar-refractivity contribution >= 4 is 49.3 Å². The monoisotopic (exact) mass is 548 g/mol. The summed E-state index contributed by atoms with van der Waals surface area (Å²) in [4.78, 5) is 41.9. The van der Waals surface area contributed by atoms with Crippen LogP contribution in [0.1, 0.15) is 29.0 Å². The van der Waals surface area contributed by atoms with Crippen LogP contribution >= 0.6 is 23.1 Å². The Morgan fingerprint density at radius 2 is 1.92 bits per heavy atom. The number of amides is 1. The molecule has 1 aliphatic rings. The minimum absolute atomic E-state index is 0.0470. The Morgan fingerprint density at radius 3 is 2.56 bits per heavy atom. The van der Waals surface area contributed by atoms with Gasteiger partial charge in [-0.1, -0.05) is 36.4 Å². The minimum atomic E-state index is -2.09. The second-order valence-electron chi connectivity index (χ2n) is 9.69. The number of thioether (sulfide) groups is 1. The Bertz CT molecular complexity index is 998. The van der Waals surface area contributed by atoms with Crippen LogP contribution in [0.15, 0.2) is 47.8 Å². The second-order valence-corrected chi connectivity index (χ2v) is 16.3. The highest BCUT2D eigenvalue weighted by Gasteiger charge is 2.36. The molecule has 1 saturated heterocycles. The molecular formula is C26H36N2O5S2Si. The number of esters is 1. The van der Waals surface area contributed by atoms with Crippen molar-refractivity contribution in [2.45, 2.75) is 56.7 Å². The van der Waals surface area contributed by atoms with Gasteiger partial charge in [-0.3, -0.25) is 19.7 Å². The lowest BCUT2D eigenvalue weighted by molar-refractivity contribution is -0.147. The van der Waals surface area contributed by atoms with Crippen molar-refractivity contribution in [1.82, 2.24) is 10.2 Å². The highest BCUT2D eigenvalue weighted by molar-refractivity contribution is 7.99. The minimum Gasteiger partial charge on any atom is -0.519 e. The number of ether oxygens (including phenoxy) is 1. The molecule has 10 heteroatoms. The topological polar surface area (TPSA) is 84.9 Å². The number of hydrogen-bond acceptors (Lipinski definition) is 8. The smallest absolute Gasteiger partial charge is 0.323 e. The number of carbonyl (C=O) groups is 3. The third kappa shape index (κ3) is 8.76. The molecule has 1 amide bonds. The number of aryl methyl sites for hydroxylation is 1. The fourth-order valence-corrected chi connectivity index (χ4v) is 7.00. The van der Waals surface area contributed by atoms with Gasteiger partial charge in [-0.05, 0) is 56.4 Å². The molecule has 2 heterocycles. The number of nitrogens with one attached hydrogen (secondary N) is 1. The van der Waals surface area contributed by atoms with Gasteiger partial charge in [0, 0.05) is 17.2 Å². The van der Waals surface area contributed by atoms with E-state index in [4.69, 9.17) is 9.16 Å². The maximum atomic E-state index is 13.7. The van der Waals surface area contributed by atoms with Gasteiger partial charge in [0.05, 0.1) is 17.9 Å². The van der Waals surface area contributed by atoms with Crippen LogP contribution in [-0.2, 0) is 30.0 Å². The molecule has 1 aliphatic heterocycles. The van der Waals surface area contributed by atoms with Crippen molar-refractivity contribution < 1.29 is 23.5 Å². The van der Waals surface area contributed by atoms with Crippen LogP contribution in [0.3, 0.4) is 0 Å². The fraction of sp³-hybridized carbons (Fsp3) is 0.500. The summed E-state index contributed by atoms with van der Waals surface area (Å²) in [5.74, 6) is -0.454. The van der Waals surface area contributed by atoms with E-state index in [9.17, 15) is 14.4 Å². The normalized spacial score (nSPS) is 19.4. The summed E-state index contributed by atoms with van der Waals surface area (Å²) in [6, 6.07) is 12.7. The maximum absolute atomic E-state index is 13.7. The molecule has 0 saturated carbocycles. The third-order valence-electron chi connectivity index (χ3n) is 5.60. The van der Waals surface area contributed by atoms with Crippen molar-refractivity contribution in [2.24, 2.45) is 0 Å². The molecule has 1 aromatic heterocycles. The van der Waals surface area contributed by atoms with E-state index in [1.165, 1.54) is 0 Å². The summed E-state index contributed by atoms with van der Waals surface area (Å²) in [6.45, 7) is 8.19. The molecule has 1 aromatic carbocycles. The van der Waals surface area contributed by atoms with Crippen LogP contribution in [0.5, 0.6) is 0 Å². The predicted octanol–water partition coefficient (Wildman–Crippen LogP) is 4.27. The van der Waals surface area contributed by atoms with E-state index in [2.05, 4.69) is 11.4 Å². The van der Waals surface area contributed by atoms with Crippen LogP contribution < -0.4 is 5.32 Å². The van der Waals surface area contributed by atoms with Crippen molar-refractivity contribution in [2.75, 3.05) is 25.4 Å². The summed E-state index contributed by atoms with van der Waals surface area (Å²) in [5, 5.41) is 5.35. The number of benzene rings is 1. The Kier molecular flexibility index (Phi) is 10.6. The third-order valence-corrected chi connectivity index (χ3v) is 8.90. The molecule has 0 spiro atoms. The van der Waals surface area contributed by atoms with Gasteiger partial charge >= 0.3 is 11.9 Å². The average molecular weight is 549 g/mol. The van der Waals surface area contributed by atoms with Gasteiger partial charge in [-0.2, -0.15) is 0 Å². The molecule has 0 aliphatic carbocycles. The molecule has 1 N–H and O–H groups in total. The second kappa shape index (κ2) is 13.4. The summed E-state index contributed by atoms with van der Waals surface area (Å²) in [7, 11) is -2.09. The largest absolute Gasteiger partial charge is 0.519 e. The molecule has 7 nitrogen and oxygen atoms in total. The lowest BCUT2D eigenvalue weighted by Crippen LogP contribution is -2.54. The van der Waals surface area contributed by atoms with Gasteiger partial charge < -0.3 is 14.1 Å². The lowest BCUT2D eigenvalue weighted by atomic mass is 10.0. The first-order valence-corrected chi connectivity index (χ1v) is 17.6. The van der Waals surface area contributed by atoms with E-state index in [-0.39, 0.29) is 36.2 Å². The number of carbonyl (C=O) groups excluding carboxylic acids is 3. The summed E-state index contributed by atoms with van der Waals surface area (Å²) in [6.07, 6.45) is 1.18. The van der Waals surface area contributed by atoms with E-state index in [0.717, 1.165) is 10.4 Å². The van der Waals surface area contributed by atoms with E-state index in [0.29, 0.717) is 25.1 Å². The van der Waals surface area contributed by atoms with Gasteiger partial charge in [0.15, 0.2) is 0 Å². The zero-order chi connectivity index (χ0) is 26.1. The lowest BCUT2D eigenvalue weighted by Gasteiger charge is -2.28. The number of nitrogens with zero attached hydrogens (tertiary/aromatic N) is 1. The maximum Gasteiger partial charge on any atom is 0.323 e. The van der Waals surface area contributed by atoms with Crippen LogP contribution in [0.4, 0.5) is 0 Å². The molecule has 0 radical (unpaired) electrons. The zero-order valence-corrected chi connectivity index (χ0v) is 24.0. The summed E-state index contributed by atoms with van der Waals surface area (Å²) < 4.78 is 11.0. The van der Waals surface area contributed by atoms with E-state index in [1.807, 2.05) is 61.4 Å². The van der Waals surface area contributed by atoms with E-state index in [1.54, 1.807) is 34.9 Å². The summed E-state index contributed by atoms with van der Waals surface area (Å²) in [5.41, 5.74) is 1.11. The average Bonchev–Trinajstić information content (AvgIpc) is 3.31. The molecule has 3 unspecified atom stereocenters. The quantitative estimate of drug-likeness (QED) is 0.332. The van der Waals surface area contributed by atoms with E-state index < -0.39 is 20.4 Å². The Labute approximate surface area is 223 Å². The van der Waals surface area contributed by atoms with Crippen LogP contribution in [0.25, 0.3) is 0 Å². The van der Waals surface area contributed by atoms with Gasteiger partial charge in [0.1, 0.15) is 12.6 Å². The molecule has 3 atom stereocenters. The number of hydrogen-bond donors (Lipinski definition) is 1. The first-order chi connectivity index (χ1) is 17.2. The van der Waals surface area contributed by atoms with Gasteiger partial charge in [0.2, 0.25) is 14.2 Å². The molecule has 0 bridgehead atoms. The molecule has 3 rings (SSSR count). The zero-order valence-electron chi connectivity index (χ0n) is 21.4. The Hall–Kier alpha value is -2.14. The van der Waals surface area contributed by atoms with Crippen LogP contribution in [0, 0.1) is 0 Å². The molecule has 36 heavy (non-hydrogen) atoms. The van der Waals surface area contributed by atoms with Crippen molar-refractivity contribution in [3.05, 3.63) is 58.3 Å². The van der Waals surface area contributed by atoms with Crippen molar-refractivity contribution in [3.8, 4) is 0 Å². The SMILES string of the molecule is CCOC(=O)C(CCc1ccccc1)NC1CSC(c2cccs2)CN(CC(=O)O[Si](C)(C)C)C1=O. The molecule has 2 aromatic rings. The van der Waals surface area contributed by atoms with Gasteiger partial charge in [-0.15, -0.1) is 23.1 Å². The molecular weight excluding hydrogens is 513 g/mol. The first kappa shape index (κ1) is 28.4. The first-order valence-electron chi connectivity index (χ1n) is 12.3. The Balaban J connectivity index is 1.78. The molecule has 1 fully saturated rings. The predicted molar refractivity (Wildman–Crippen MR) is 148 cm³/mol. The van der Waals surface area contributed by atoms with Gasteiger partial charge in [-0.25, -0.2) is 0 Å². The van der Waals surface area contributed by atoms with Crippen molar-refractivity contribution in [1.29, 1.82) is 0 Å². The van der Waals surface area contributed by atoms with E-state index >= 15 is 0 Å². The number of thiophene rings is 1. The van der Waals surface area contributed by atoms with Gasteiger partial charge in [0.25, 0.3) is 0 Å². The summed E-state index contributed by atoms with van der Waals surface area (Å²) >= 11 is 3.31. The van der Waals surface area contributed by atoms with Crippen molar-refractivity contribution in [3.63, 3.8) is 0 Å². The number of rotatable bonds is 11. The van der Waals surface area contributed by atoms with Crippen LogP contribution in [0.2, 0.25) is 19.6 Å². The Morgan fingerprint density at radius 1 is 1.17 bits per heavy atom. The fourth-order valence-electron chi connectivity index (χ4n) is 4.00. The standard InChI is InChI=1S/C26H36N2O5S2Si/c1-5-32-26(31)20(14-13-19-10-7-6-8-11-19)27-21-18-35-23(22-12-9-15-34-22)16-28(25(21)30)17-24(29)33-36(2,3)4/h6-12,15,20-21,23,27H,5,13-14,16-18H2,1-4H3. The molecule has 196 valence electrons.